The van der Waals surface area contributed by atoms with Gasteiger partial charge >= 0.3 is 6.03 Å². The third-order valence-corrected chi connectivity index (χ3v) is 4.72. The number of hydrogen-bond acceptors (Lipinski definition) is 6. The van der Waals surface area contributed by atoms with E-state index in [1.165, 1.54) is 11.0 Å². The fourth-order valence-corrected chi connectivity index (χ4v) is 3.09. The van der Waals surface area contributed by atoms with Crippen molar-refractivity contribution in [2.75, 3.05) is 19.6 Å². The lowest BCUT2D eigenvalue weighted by molar-refractivity contribution is -0.138. The van der Waals surface area contributed by atoms with E-state index in [0.717, 1.165) is 4.90 Å². The summed E-state index contributed by atoms with van der Waals surface area (Å²) in [5.41, 5.74) is -0.0462. The van der Waals surface area contributed by atoms with Crippen LogP contribution in [-0.4, -0.2) is 67.5 Å². The highest BCUT2D eigenvalue weighted by Crippen LogP contribution is 2.29. The van der Waals surface area contributed by atoms with Gasteiger partial charge in [0.1, 0.15) is 18.4 Å². The summed E-state index contributed by atoms with van der Waals surface area (Å²) in [5.74, 6) is -0.739. The molecule has 1 fully saturated rings. The van der Waals surface area contributed by atoms with Crippen molar-refractivity contribution in [2.24, 2.45) is 0 Å². The molecular weight excluding hydrogens is 350 g/mol. The Morgan fingerprint density at radius 1 is 1.26 bits per heavy atom. The number of nitrogens with zero attached hydrogens (tertiary/aromatic N) is 6. The Kier molecular flexibility index (Phi) is 4.89. The largest absolute Gasteiger partial charge is 0.342 e. The van der Waals surface area contributed by atoms with E-state index >= 15 is 0 Å². The molecule has 1 aromatic heterocycles. The van der Waals surface area contributed by atoms with E-state index in [0.29, 0.717) is 24.3 Å². The molecule has 1 aliphatic rings. The first kappa shape index (κ1) is 18.5. The number of amides is 4. The zero-order chi connectivity index (χ0) is 19.6. The minimum Gasteiger partial charge on any atom is -0.342 e. The maximum Gasteiger partial charge on any atom is 0.325 e. The molecule has 10 nitrogen and oxygen atoms in total. The molecule has 0 unspecified atom stereocenters. The molecule has 3 rings (SSSR count). The smallest absolute Gasteiger partial charge is 0.325 e. The number of aromatic nitrogens is 4. The summed E-state index contributed by atoms with van der Waals surface area (Å²) >= 11 is 0. The molecule has 10 heteroatoms. The Balaban J connectivity index is 1.87. The van der Waals surface area contributed by atoms with Gasteiger partial charge in [0.15, 0.2) is 0 Å². The van der Waals surface area contributed by atoms with Crippen LogP contribution in [0.3, 0.4) is 0 Å². The third-order valence-electron chi connectivity index (χ3n) is 4.72. The van der Waals surface area contributed by atoms with Crippen LogP contribution in [-0.2, 0) is 15.1 Å². The summed E-state index contributed by atoms with van der Waals surface area (Å²) in [6.45, 7) is 6.07. The maximum atomic E-state index is 13.0. The number of urea groups is 1. The van der Waals surface area contributed by atoms with Gasteiger partial charge in [0, 0.05) is 13.1 Å². The van der Waals surface area contributed by atoms with Crippen molar-refractivity contribution in [3.63, 3.8) is 0 Å². The van der Waals surface area contributed by atoms with Gasteiger partial charge in [-0.15, -0.1) is 5.10 Å². The van der Waals surface area contributed by atoms with Crippen LogP contribution in [0.15, 0.2) is 30.6 Å². The first-order valence-electron chi connectivity index (χ1n) is 8.66. The first-order valence-corrected chi connectivity index (χ1v) is 8.66. The summed E-state index contributed by atoms with van der Waals surface area (Å²) in [4.78, 5) is 40.3. The zero-order valence-electron chi connectivity index (χ0n) is 15.4. The van der Waals surface area contributed by atoms with Crippen LogP contribution in [0.4, 0.5) is 4.79 Å². The van der Waals surface area contributed by atoms with Crippen LogP contribution in [0.2, 0.25) is 0 Å². The highest BCUT2D eigenvalue weighted by Gasteiger charge is 2.49. The molecule has 2 aromatic rings. The second-order valence-electron chi connectivity index (χ2n) is 6.32. The summed E-state index contributed by atoms with van der Waals surface area (Å²) in [7, 11) is 0. The van der Waals surface area contributed by atoms with Gasteiger partial charge in [0.05, 0.1) is 5.69 Å². The molecule has 1 aliphatic heterocycles. The Morgan fingerprint density at radius 3 is 2.63 bits per heavy atom. The van der Waals surface area contributed by atoms with Crippen LogP contribution in [0.5, 0.6) is 0 Å². The molecule has 0 saturated carbocycles. The SMILES string of the molecule is CCN(CC)C(=O)CN1C(=O)N[C@](C)(c2cccc(-n3cnnn3)c2)C1=O. The number of carbonyl (C=O) groups is 3. The number of nitrogens with one attached hydrogen (secondary N) is 1. The molecule has 1 aromatic carbocycles. The Morgan fingerprint density at radius 2 is 2.00 bits per heavy atom. The normalized spacial score (nSPS) is 19.3. The summed E-state index contributed by atoms with van der Waals surface area (Å²) < 4.78 is 1.45. The summed E-state index contributed by atoms with van der Waals surface area (Å²) in [6.07, 6.45) is 1.44. The number of carbonyl (C=O) groups excluding carboxylic acids is 3. The topological polar surface area (TPSA) is 113 Å². The zero-order valence-corrected chi connectivity index (χ0v) is 15.4. The van der Waals surface area contributed by atoms with Gasteiger partial charge in [-0.05, 0) is 48.9 Å². The van der Waals surface area contributed by atoms with Crippen molar-refractivity contribution >= 4 is 17.8 Å². The van der Waals surface area contributed by atoms with E-state index in [2.05, 4.69) is 20.8 Å². The number of tetrazole rings is 1. The lowest BCUT2D eigenvalue weighted by Crippen LogP contribution is -2.44. The van der Waals surface area contributed by atoms with Crippen LogP contribution in [0.25, 0.3) is 5.69 Å². The van der Waals surface area contributed by atoms with Crippen molar-refractivity contribution in [1.29, 1.82) is 0 Å². The van der Waals surface area contributed by atoms with Crippen molar-refractivity contribution < 1.29 is 14.4 Å². The molecule has 0 radical (unpaired) electrons. The van der Waals surface area contributed by atoms with Crippen LogP contribution >= 0.6 is 0 Å². The highest BCUT2D eigenvalue weighted by molar-refractivity contribution is 6.09. The Bertz CT molecular complexity index is 863. The average Bonchev–Trinajstić information content (AvgIpc) is 3.27. The van der Waals surface area contributed by atoms with E-state index in [-0.39, 0.29) is 12.5 Å². The molecule has 0 aliphatic carbocycles. The van der Waals surface area contributed by atoms with Crippen LogP contribution < -0.4 is 5.32 Å². The number of imide groups is 1. The van der Waals surface area contributed by atoms with Gasteiger partial charge in [-0.2, -0.15) is 0 Å². The van der Waals surface area contributed by atoms with Crippen molar-refractivity contribution in [2.45, 2.75) is 26.3 Å². The summed E-state index contributed by atoms with van der Waals surface area (Å²) in [5, 5.41) is 13.7. The average molecular weight is 371 g/mol. The van der Waals surface area contributed by atoms with Gasteiger partial charge in [-0.3, -0.25) is 14.5 Å². The minimum absolute atomic E-state index is 0.268. The second kappa shape index (κ2) is 7.14. The second-order valence-corrected chi connectivity index (χ2v) is 6.32. The lowest BCUT2D eigenvalue weighted by atomic mass is 9.91. The molecule has 0 bridgehead atoms. The third kappa shape index (κ3) is 3.25. The van der Waals surface area contributed by atoms with Gasteiger partial charge < -0.3 is 10.2 Å². The quantitative estimate of drug-likeness (QED) is 0.731. The number of rotatable bonds is 6. The van der Waals surface area contributed by atoms with Crippen molar-refractivity contribution in [3.8, 4) is 5.69 Å². The molecule has 142 valence electrons. The van der Waals surface area contributed by atoms with Gasteiger partial charge in [-0.1, -0.05) is 12.1 Å². The fraction of sp³-hybridized carbons (Fsp3) is 0.412. The van der Waals surface area contributed by atoms with Crippen LogP contribution in [0, 0.1) is 0 Å². The molecular formula is C17H21N7O3. The van der Waals surface area contributed by atoms with Gasteiger partial charge in [0.25, 0.3) is 5.91 Å². The van der Waals surface area contributed by atoms with E-state index < -0.39 is 17.5 Å². The minimum atomic E-state index is -1.27. The molecule has 27 heavy (non-hydrogen) atoms. The van der Waals surface area contributed by atoms with E-state index in [1.807, 2.05) is 13.8 Å². The maximum absolute atomic E-state index is 13.0. The van der Waals surface area contributed by atoms with Crippen molar-refractivity contribution in [3.05, 3.63) is 36.2 Å². The molecule has 1 atom stereocenters. The van der Waals surface area contributed by atoms with Gasteiger partial charge in [-0.25, -0.2) is 9.48 Å². The fourth-order valence-electron chi connectivity index (χ4n) is 3.09. The molecule has 0 spiro atoms. The monoisotopic (exact) mass is 371 g/mol. The molecule has 4 amide bonds. The lowest BCUT2D eigenvalue weighted by Gasteiger charge is -2.24. The van der Waals surface area contributed by atoms with Crippen molar-refractivity contribution in [1.82, 2.24) is 35.3 Å². The number of hydrogen-bond donors (Lipinski definition) is 1. The Labute approximate surface area is 156 Å². The van der Waals surface area contributed by atoms with E-state index in [1.54, 1.807) is 36.1 Å². The Hall–Kier alpha value is -3.30. The predicted octanol–water partition coefficient (Wildman–Crippen LogP) is 0.298. The summed E-state index contributed by atoms with van der Waals surface area (Å²) in [6, 6.07) is 6.41. The van der Waals surface area contributed by atoms with E-state index in [4.69, 9.17) is 0 Å². The molecule has 2 heterocycles. The number of likely N-dealkylation sites (N-methyl/N-ethyl adjacent to an activating group) is 1. The highest BCUT2D eigenvalue weighted by atomic mass is 16.2. The van der Waals surface area contributed by atoms with Gasteiger partial charge in [0.2, 0.25) is 5.91 Å². The number of benzene rings is 1. The van der Waals surface area contributed by atoms with Crippen LogP contribution in [0.1, 0.15) is 26.3 Å². The molecule has 1 saturated heterocycles. The predicted molar refractivity (Wildman–Crippen MR) is 94.7 cm³/mol. The first-order chi connectivity index (χ1) is 12.9. The standard InChI is InChI=1S/C17H21N7O3/c1-4-22(5-2)14(25)10-23-15(26)17(3,19-16(23)27)12-7-6-8-13(9-12)24-11-18-20-21-24/h6-9,11H,4-5,10H2,1-3H3,(H,19,27)/t17-/m1/s1. The van der Waals surface area contributed by atoms with E-state index in [9.17, 15) is 14.4 Å². The molecule has 1 N–H and O–H groups in total.